The van der Waals surface area contributed by atoms with E-state index in [1.807, 2.05) is 6.92 Å². The van der Waals surface area contributed by atoms with E-state index in [0.717, 1.165) is 5.56 Å². The molecule has 1 aromatic rings. The molecule has 9 heteroatoms. The van der Waals surface area contributed by atoms with Crippen molar-refractivity contribution in [1.82, 2.24) is 0 Å². The van der Waals surface area contributed by atoms with Crippen molar-refractivity contribution in [3.63, 3.8) is 0 Å². The number of benzene rings is 1. The maximum atomic E-state index is 15.4. The van der Waals surface area contributed by atoms with Gasteiger partial charge in [0.05, 0.1) is 35.5 Å². The van der Waals surface area contributed by atoms with Crippen LogP contribution in [0.5, 0.6) is 0 Å². The maximum absolute atomic E-state index is 15.4. The molecule has 0 spiro atoms. The Labute approximate surface area is 185 Å². The first-order chi connectivity index (χ1) is 14.1. The third-order valence-corrected chi connectivity index (χ3v) is 6.80. The number of hydrogen-bond donors (Lipinski definition) is 1. The zero-order valence-corrected chi connectivity index (χ0v) is 18.6. The SMILES string of the molecule is CCOC(=O)C1(F)C2C[C@@H](OCc3ccc(Cl)c(Cl)c3)[C@@](N)(C(=O)OC(C)CC)[C@@H]21. The van der Waals surface area contributed by atoms with Crippen molar-refractivity contribution in [2.75, 3.05) is 6.61 Å². The number of halogens is 3. The summed E-state index contributed by atoms with van der Waals surface area (Å²) in [5, 5.41) is 0.775. The highest BCUT2D eigenvalue weighted by molar-refractivity contribution is 6.42. The first-order valence-electron chi connectivity index (χ1n) is 10.0. The minimum Gasteiger partial charge on any atom is -0.464 e. The lowest BCUT2D eigenvalue weighted by atomic mass is 9.87. The number of rotatable bonds is 8. The second-order valence-electron chi connectivity index (χ2n) is 7.91. The molecule has 2 fully saturated rings. The number of fused-ring (bicyclic) bond motifs is 1. The molecule has 30 heavy (non-hydrogen) atoms. The van der Waals surface area contributed by atoms with Gasteiger partial charge in [0.2, 0.25) is 5.67 Å². The second-order valence-corrected chi connectivity index (χ2v) is 8.73. The van der Waals surface area contributed by atoms with E-state index < -0.39 is 47.2 Å². The quantitative estimate of drug-likeness (QED) is 0.591. The predicted molar refractivity (Wildman–Crippen MR) is 110 cm³/mol. The van der Waals surface area contributed by atoms with Gasteiger partial charge in [-0.05, 0) is 44.4 Å². The summed E-state index contributed by atoms with van der Waals surface area (Å²) in [4.78, 5) is 25.2. The molecule has 0 amide bonds. The van der Waals surface area contributed by atoms with Crippen molar-refractivity contribution in [3.05, 3.63) is 33.8 Å². The molecule has 3 rings (SSSR count). The fourth-order valence-electron chi connectivity index (χ4n) is 4.22. The van der Waals surface area contributed by atoms with Gasteiger partial charge in [-0.15, -0.1) is 0 Å². The number of esters is 2. The molecule has 2 saturated carbocycles. The largest absolute Gasteiger partial charge is 0.464 e. The molecular formula is C21H26Cl2FNO5. The lowest BCUT2D eigenvalue weighted by Crippen LogP contribution is -2.61. The molecule has 2 N–H and O–H groups in total. The van der Waals surface area contributed by atoms with Crippen molar-refractivity contribution in [1.29, 1.82) is 0 Å². The fourth-order valence-corrected chi connectivity index (χ4v) is 4.54. The van der Waals surface area contributed by atoms with Gasteiger partial charge in [0, 0.05) is 11.8 Å². The van der Waals surface area contributed by atoms with Gasteiger partial charge in [-0.1, -0.05) is 36.2 Å². The average Bonchev–Trinajstić information content (AvgIpc) is 3.18. The molecule has 166 valence electrons. The van der Waals surface area contributed by atoms with Gasteiger partial charge >= 0.3 is 11.9 Å². The predicted octanol–water partition coefficient (Wildman–Crippen LogP) is 3.84. The molecule has 1 aromatic carbocycles. The van der Waals surface area contributed by atoms with Crippen LogP contribution in [-0.2, 0) is 30.4 Å². The van der Waals surface area contributed by atoms with Crippen LogP contribution in [-0.4, -0.2) is 42.0 Å². The number of carbonyl (C=O) groups is 2. The summed E-state index contributed by atoms with van der Waals surface area (Å²) >= 11 is 12.0. The zero-order chi connectivity index (χ0) is 22.3. The number of nitrogens with two attached hydrogens (primary N) is 1. The second kappa shape index (κ2) is 8.61. The Kier molecular flexibility index (Phi) is 6.68. The van der Waals surface area contributed by atoms with Crippen LogP contribution in [0.15, 0.2) is 18.2 Å². The normalized spacial score (nSPS) is 33.0. The molecule has 6 atom stereocenters. The lowest BCUT2D eigenvalue weighted by molar-refractivity contribution is -0.166. The van der Waals surface area contributed by atoms with E-state index in [4.69, 9.17) is 43.1 Å². The van der Waals surface area contributed by atoms with E-state index >= 15 is 4.39 Å². The Bertz CT molecular complexity index is 840. The Morgan fingerprint density at radius 1 is 1.27 bits per heavy atom. The fraction of sp³-hybridized carbons (Fsp3) is 0.619. The number of ether oxygens (including phenoxy) is 3. The van der Waals surface area contributed by atoms with Crippen LogP contribution in [0.3, 0.4) is 0 Å². The zero-order valence-electron chi connectivity index (χ0n) is 17.1. The van der Waals surface area contributed by atoms with E-state index in [-0.39, 0.29) is 19.6 Å². The standard InChI is InChI=1S/C21H26Cl2FNO5/c1-4-11(3)30-19(27)21(25)16(29-10-12-6-7-14(22)15(23)8-12)9-13-17(21)20(13,24)18(26)28-5-2/h6-8,11,13,16-17H,4-5,9-10,25H2,1-3H3/t11?,13?,16-,17+,20?,21+/m1/s1. The molecule has 0 bridgehead atoms. The van der Waals surface area contributed by atoms with Crippen LogP contribution >= 0.6 is 23.2 Å². The van der Waals surface area contributed by atoms with Crippen molar-refractivity contribution in [3.8, 4) is 0 Å². The minimum atomic E-state index is -2.30. The van der Waals surface area contributed by atoms with Crippen LogP contribution in [0.1, 0.15) is 39.2 Å². The average molecular weight is 462 g/mol. The first kappa shape index (κ1) is 23.3. The van der Waals surface area contributed by atoms with Crippen molar-refractivity contribution < 1.29 is 28.2 Å². The van der Waals surface area contributed by atoms with Crippen LogP contribution in [0, 0.1) is 11.8 Å². The number of carbonyl (C=O) groups excluding carboxylic acids is 2. The van der Waals surface area contributed by atoms with E-state index in [1.54, 1.807) is 32.0 Å². The van der Waals surface area contributed by atoms with Gasteiger partial charge in [-0.3, -0.25) is 0 Å². The van der Waals surface area contributed by atoms with Crippen LogP contribution < -0.4 is 5.73 Å². The number of alkyl halides is 1. The Morgan fingerprint density at radius 2 is 1.97 bits per heavy atom. The van der Waals surface area contributed by atoms with Crippen molar-refractivity contribution in [2.45, 2.75) is 63.6 Å². The van der Waals surface area contributed by atoms with Gasteiger partial charge in [-0.25, -0.2) is 14.0 Å². The minimum absolute atomic E-state index is 0.0378. The smallest absolute Gasteiger partial charge is 0.344 e. The summed E-state index contributed by atoms with van der Waals surface area (Å²) < 4.78 is 31.7. The summed E-state index contributed by atoms with van der Waals surface area (Å²) in [7, 11) is 0. The van der Waals surface area contributed by atoms with Crippen LogP contribution in [0.2, 0.25) is 10.0 Å². The summed E-state index contributed by atoms with van der Waals surface area (Å²) in [6.07, 6.45) is -0.545. The van der Waals surface area contributed by atoms with Crippen LogP contribution in [0.25, 0.3) is 0 Å². The topological polar surface area (TPSA) is 87.9 Å². The molecule has 0 saturated heterocycles. The molecule has 2 aliphatic carbocycles. The third-order valence-electron chi connectivity index (χ3n) is 6.06. The summed E-state index contributed by atoms with van der Waals surface area (Å²) in [6.45, 7) is 5.30. The lowest BCUT2D eigenvalue weighted by Gasteiger charge is -2.34. The highest BCUT2D eigenvalue weighted by Gasteiger charge is 2.85. The van der Waals surface area contributed by atoms with Crippen LogP contribution in [0.4, 0.5) is 4.39 Å². The Balaban J connectivity index is 1.81. The molecule has 0 heterocycles. The molecule has 3 unspecified atom stereocenters. The van der Waals surface area contributed by atoms with Gasteiger partial charge in [-0.2, -0.15) is 0 Å². The van der Waals surface area contributed by atoms with Gasteiger partial charge in [0.25, 0.3) is 0 Å². The molecular weight excluding hydrogens is 436 g/mol. The maximum Gasteiger partial charge on any atom is 0.344 e. The van der Waals surface area contributed by atoms with E-state index in [9.17, 15) is 9.59 Å². The third kappa shape index (κ3) is 3.81. The summed E-state index contributed by atoms with van der Waals surface area (Å²) in [6, 6.07) is 5.01. The Hall–Kier alpha value is -1.41. The summed E-state index contributed by atoms with van der Waals surface area (Å²) in [5.41, 5.74) is 3.09. The first-order valence-corrected chi connectivity index (χ1v) is 10.8. The van der Waals surface area contributed by atoms with E-state index in [1.165, 1.54) is 0 Å². The van der Waals surface area contributed by atoms with Gasteiger partial charge < -0.3 is 19.9 Å². The molecule has 0 aromatic heterocycles. The number of hydrogen-bond acceptors (Lipinski definition) is 6. The highest BCUT2D eigenvalue weighted by atomic mass is 35.5. The molecule has 0 aliphatic heterocycles. The van der Waals surface area contributed by atoms with E-state index in [2.05, 4.69) is 0 Å². The molecule has 0 radical (unpaired) electrons. The van der Waals surface area contributed by atoms with Crippen molar-refractivity contribution in [2.24, 2.45) is 17.6 Å². The monoisotopic (exact) mass is 461 g/mol. The molecule has 2 aliphatic rings. The highest BCUT2D eigenvalue weighted by Crippen LogP contribution is 2.67. The Morgan fingerprint density at radius 3 is 2.57 bits per heavy atom. The van der Waals surface area contributed by atoms with E-state index in [0.29, 0.717) is 16.5 Å². The summed E-state index contributed by atoms with van der Waals surface area (Å²) in [5.74, 6) is -3.58. The van der Waals surface area contributed by atoms with Gasteiger partial charge in [0.15, 0.2) is 0 Å². The van der Waals surface area contributed by atoms with Crippen molar-refractivity contribution >= 4 is 35.1 Å². The van der Waals surface area contributed by atoms with Gasteiger partial charge in [0.1, 0.15) is 5.54 Å². The molecule has 6 nitrogen and oxygen atoms in total.